The number of rotatable bonds is 5. The third-order valence-electron chi connectivity index (χ3n) is 5.88. The van der Waals surface area contributed by atoms with Crippen molar-refractivity contribution < 1.29 is 4.79 Å². The van der Waals surface area contributed by atoms with E-state index in [-0.39, 0.29) is 23.2 Å². The van der Waals surface area contributed by atoms with Crippen molar-refractivity contribution >= 4 is 6.03 Å². The van der Waals surface area contributed by atoms with Gasteiger partial charge in [-0.2, -0.15) is 0 Å². The van der Waals surface area contributed by atoms with Crippen LogP contribution in [0.5, 0.6) is 0 Å². The molecule has 2 amide bonds. The van der Waals surface area contributed by atoms with Gasteiger partial charge in [-0.3, -0.25) is 4.90 Å². The van der Waals surface area contributed by atoms with Crippen molar-refractivity contribution in [3.8, 4) is 0 Å². The molecular formula is C21H42N4O. The monoisotopic (exact) mass is 366 g/mol. The van der Waals surface area contributed by atoms with Crippen LogP contribution < -0.4 is 16.0 Å². The summed E-state index contributed by atoms with van der Waals surface area (Å²) in [5.41, 5.74) is 0.0957. The van der Waals surface area contributed by atoms with E-state index in [0.29, 0.717) is 12.0 Å². The molecule has 0 saturated carbocycles. The highest BCUT2D eigenvalue weighted by Gasteiger charge is 2.38. The molecule has 1 unspecified atom stereocenters. The highest BCUT2D eigenvalue weighted by Crippen LogP contribution is 2.28. The van der Waals surface area contributed by atoms with E-state index in [2.05, 4.69) is 62.4 Å². The van der Waals surface area contributed by atoms with Gasteiger partial charge in [0, 0.05) is 29.7 Å². The van der Waals surface area contributed by atoms with Gasteiger partial charge in [0.15, 0.2) is 0 Å². The van der Waals surface area contributed by atoms with E-state index in [1.807, 2.05) is 0 Å². The third-order valence-corrected chi connectivity index (χ3v) is 5.88. The molecule has 2 aliphatic rings. The molecule has 152 valence electrons. The maximum Gasteiger partial charge on any atom is 0.315 e. The van der Waals surface area contributed by atoms with E-state index in [1.54, 1.807) is 0 Å². The van der Waals surface area contributed by atoms with E-state index in [0.717, 1.165) is 19.4 Å². The molecule has 0 aromatic carbocycles. The van der Waals surface area contributed by atoms with Crippen LogP contribution in [0.1, 0.15) is 80.1 Å². The number of piperidine rings is 1. The SMILES string of the molecule is CC(C)C(CNC(=O)NC1CC(C)(C)NC(C)(C)C1)N1CCCCCC1. The van der Waals surface area contributed by atoms with Gasteiger partial charge in [0.05, 0.1) is 0 Å². The second-order valence-corrected chi connectivity index (χ2v) is 10.1. The summed E-state index contributed by atoms with van der Waals surface area (Å²) in [4.78, 5) is 15.1. The number of nitrogens with zero attached hydrogens (tertiary/aromatic N) is 1. The summed E-state index contributed by atoms with van der Waals surface area (Å²) in [7, 11) is 0. The molecule has 0 aromatic rings. The van der Waals surface area contributed by atoms with Crippen molar-refractivity contribution in [2.24, 2.45) is 5.92 Å². The molecule has 26 heavy (non-hydrogen) atoms. The van der Waals surface area contributed by atoms with Crippen molar-refractivity contribution in [3.63, 3.8) is 0 Å². The van der Waals surface area contributed by atoms with Gasteiger partial charge in [0.2, 0.25) is 0 Å². The summed E-state index contributed by atoms with van der Waals surface area (Å²) >= 11 is 0. The Morgan fingerprint density at radius 1 is 1.04 bits per heavy atom. The van der Waals surface area contributed by atoms with Crippen molar-refractivity contribution in [2.45, 2.75) is 103 Å². The molecule has 0 aliphatic carbocycles. The van der Waals surface area contributed by atoms with Crippen LogP contribution in [-0.2, 0) is 0 Å². The van der Waals surface area contributed by atoms with Crippen LogP contribution in [-0.4, -0.2) is 53.7 Å². The Morgan fingerprint density at radius 3 is 2.08 bits per heavy atom. The van der Waals surface area contributed by atoms with Crippen LogP contribution in [0.3, 0.4) is 0 Å². The van der Waals surface area contributed by atoms with Crippen molar-refractivity contribution in [1.82, 2.24) is 20.9 Å². The van der Waals surface area contributed by atoms with Crippen LogP contribution in [0.4, 0.5) is 4.79 Å². The van der Waals surface area contributed by atoms with Crippen molar-refractivity contribution in [2.75, 3.05) is 19.6 Å². The summed E-state index contributed by atoms with van der Waals surface area (Å²) in [6.07, 6.45) is 7.18. The molecule has 1 atom stereocenters. The minimum absolute atomic E-state index is 0.0102. The largest absolute Gasteiger partial charge is 0.337 e. The Hall–Kier alpha value is -0.810. The summed E-state index contributed by atoms with van der Waals surface area (Å²) in [5.74, 6) is 0.546. The Bertz CT molecular complexity index is 437. The number of carbonyl (C=O) groups excluding carboxylic acids is 1. The lowest BCUT2D eigenvalue weighted by Gasteiger charge is -2.46. The number of hydrogen-bond donors (Lipinski definition) is 3. The lowest BCUT2D eigenvalue weighted by atomic mass is 9.80. The second-order valence-electron chi connectivity index (χ2n) is 10.1. The summed E-state index contributed by atoms with van der Waals surface area (Å²) in [6.45, 7) is 16.5. The molecule has 0 radical (unpaired) electrons. The van der Waals surface area contributed by atoms with E-state index in [4.69, 9.17) is 0 Å². The molecule has 2 rings (SSSR count). The number of hydrogen-bond acceptors (Lipinski definition) is 3. The van der Waals surface area contributed by atoms with Crippen LogP contribution in [0.25, 0.3) is 0 Å². The Balaban J connectivity index is 1.85. The molecule has 2 heterocycles. The number of urea groups is 1. The van der Waals surface area contributed by atoms with Gasteiger partial charge >= 0.3 is 6.03 Å². The van der Waals surface area contributed by atoms with Gasteiger partial charge in [-0.05, 0) is 72.4 Å². The second kappa shape index (κ2) is 8.92. The maximum atomic E-state index is 12.5. The van der Waals surface area contributed by atoms with Gasteiger partial charge in [-0.15, -0.1) is 0 Å². The van der Waals surface area contributed by atoms with Crippen LogP contribution in [0, 0.1) is 5.92 Å². The number of nitrogens with one attached hydrogen (secondary N) is 3. The fourth-order valence-corrected chi connectivity index (χ4v) is 5.07. The molecule has 2 fully saturated rings. The zero-order valence-corrected chi connectivity index (χ0v) is 18.0. The topological polar surface area (TPSA) is 56.4 Å². The highest BCUT2D eigenvalue weighted by molar-refractivity contribution is 5.74. The summed E-state index contributed by atoms with van der Waals surface area (Å²) in [6, 6.07) is 0.640. The minimum Gasteiger partial charge on any atom is -0.337 e. The van der Waals surface area contributed by atoms with E-state index in [9.17, 15) is 4.79 Å². The highest BCUT2D eigenvalue weighted by atomic mass is 16.2. The van der Waals surface area contributed by atoms with E-state index < -0.39 is 0 Å². The first kappa shape index (κ1) is 21.5. The number of amides is 2. The zero-order valence-electron chi connectivity index (χ0n) is 18.0. The Labute approximate surface area is 161 Å². The first-order valence-electron chi connectivity index (χ1n) is 10.7. The van der Waals surface area contributed by atoms with Crippen molar-refractivity contribution in [1.29, 1.82) is 0 Å². The van der Waals surface area contributed by atoms with Gasteiger partial charge in [0.25, 0.3) is 0 Å². The fraction of sp³-hybridized carbons (Fsp3) is 0.952. The molecule has 0 aromatic heterocycles. The fourth-order valence-electron chi connectivity index (χ4n) is 5.07. The average Bonchev–Trinajstić information content (AvgIpc) is 2.72. The molecule has 5 heteroatoms. The average molecular weight is 367 g/mol. The van der Waals surface area contributed by atoms with E-state index in [1.165, 1.54) is 38.8 Å². The quantitative estimate of drug-likeness (QED) is 0.698. The first-order chi connectivity index (χ1) is 12.1. The minimum atomic E-state index is -0.0102. The summed E-state index contributed by atoms with van der Waals surface area (Å²) in [5, 5.41) is 10.1. The number of likely N-dealkylation sites (tertiary alicyclic amines) is 1. The predicted octanol–water partition coefficient (Wildman–Crippen LogP) is 3.50. The predicted molar refractivity (Wildman–Crippen MR) is 110 cm³/mol. The molecule has 0 bridgehead atoms. The Kier molecular flexibility index (Phi) is 7.37. The lowest BCUT2D eigenvalue weighted by molar-refractivity contribution is 0.142. The zero-order chi connectivity index (χ0) is 19.4. The number of carbonyl (C=O) groups is 1. The molecule has 3 N–H and O–H groups in total. The van der Waals surface area contributed by atoms with E-state index >= 15 is 0 Å². The van der Waals surface area contributed by atoms with Gasteiger partial charge in [-0.25, -0.2) is 4.79 Å². The maximum absolute atomic E-state index is 12.5. The van der Waals surface area contributed by atoms with Crippen LogP contribution >= 0.6 is 0 Å². The molecule has 2 aliphatic heterocycles. The molecule has 2 saturated heterocycles. The van der Waals surface area contributed by atoms with Crippen LogP contribution in [0.15, 0.2) is 0 Å². The lowest BCUT2D eigenvalue weighted by Crippen LogP contribution is -2.63. The summed E-state index contributed by atoms with van der Waals surface area (Å²) < 4.78 is 0. The smallest absolute Gasteiger partial charge is 0.315 e. The Morgan fingerprint density at radius 2 is 1.58 bits per heavy atom. The first-order valence-corrected chi connectivity index (χ1v) is 10.7. The normalized spacial score (nSPS) is 25.5. The molecular weight excluding hydrogens is 324 g/mol. The standard InChI is InChI=1S/C21H42N4O/c1-16(2)18(25-11-9-7-8-10-12-25)15-22-19(26)23-17-13-20(3,4)24-21(5,6)14-17/h16-18,24H,7-15H2,1-6H3,(H2,22,23,26). The van der Waals surface area contributed by atoms with Gasteiger partial charge in [0.1, 0.15) is 0 Å². The molecule has 0 spiro atoms. The van der Waals surface area contributed by atoms with Crippen LogP contribution in [0.2, 0.25) is 0 Å². The van der Waals surface area contributed by atoms with Gasteiger partial charge < -0.3 is 16.0 Å². The van der Waals surface area contributed by atoms with Gasteiger partial charge in [-0.1, -0.05) is 26.7 Å². The third kappa shape index (κ3) is 6.73. The van der Waals surface area contributed by atoms with Crippen molar-refractivity contribution in [3.05, 3.63) is 0 Å². The molecule has 5 nitrogen and oxygen atoms in total.